The molecule has 3 saturated carbocycles. The molecule has 7 atom stereocenters. The van der Waals surface area contributed by atoms with Crippen LogP contribution in [0.3, 0.4) is 0 Å². The molecule has 0 bridgehead atoms. The van der Waals surface area contributed by atoms with E-state index in [1.165, 1.54) is 5.57 Å². The Kier molecular flexibility index (Phi) is 3.16. The second kappa shape index (κ2) is 4.67. The quantitative estimate of drug-likeness (QED) is 0.677. The van der Waals surface area contributed by atoms with E-state index in [4.69, 9.17) is 0 Å². The van der Waals surface area contributed by atoms with Crippen molar-refractivity contribution in [1.82, 2.24) is 0 Å². The lowest BCUT2D eigenvalue weighted by molar-refractivity contribution is -0.128. The van der Waals surface area contributed by atoms with Crippen LogP contribution in [0.5, 0.6) is 0 Å². The summed E-state index contributed by atoms with van der Waals surface area (Å²) in [5.41, 5.74) is 1.47. The summed E-state index contributed by atoms with van der Waals surface area (Å²) in [6.45, 7) is 4.52. The van der Waals surface area contributed by atoms with E-state index in [-0.39, 0.29) is 22.7 Å². The number of carbonyl (C=O) groups is 1. The van der Waals surface area contributed by atoms with Crippen molar-refractivity contribution in [3.05, 3.63) is 11.6 Å². The maximum atomic E-state index is 12.1. The van der Waals surface area contributed by atoms with Crippen LogP contribution in [0.15, 0.2) is 11.6 Å². The Morgan fingerprint density at radius 3 is 2.64 bits per heavy atom. The van der Waals surface area contributed by atoms with Crippen molar-refractivity contribution >= 4 is 5.78 Å². The molecule has 0 saturated heterocycles. The van der Waals surface area contributed by atoms with Gasteiger partial charge >= 0.3 is 0 Å². The Hall–Kier alpha value is -0.670. The number of aliphatic hydroxyl groups is 2. The van der Waals surface area contributed by atoms with E-state index >= 15 is 0 Å². The number of carbonyl (C=O) groups excluding carboxylic acids is 1. The van der Waals surface area contributed by atoms with E-state index in [0.29, 0.717) is 24.2 Å². The second-order valence-corrected chi connectivity index (χ2v) is 8.77. The monoisotopic (exact) mass is 304 g/mol. The van der Waals surface area contributed by atoms with Crippen molar-refractivity contribution < 1.29 is 15.0 Å². The van der Waals surface area contributed by atoms with Crippen molar-refractivity contribution in [1.29, 1.82) is 0 Å². The predicted molar refractivity (Wildman–Crippen MR) is 84.1 cm³/mol. The van der Waals surface area contributed by atoms with Crippen LogP contribution >= 0.6 is 0 Å². The van der Waals surface area contributed by atoms with Gasteiger partial charge in [0.25, 0.3) is 0 Å². The average molecular weight is 304 g/mol. The number of ketones is 1. The van der Waals surface area contributed by atoms with Crippen LogP contribution in [-0.2, 0) is 4.79 Å². The zero-order valence-electron chi connectivity index (χ0n) is 13.7. The molecule has 122 valence electrons. The first-order chi connectivity index (χ1) is 10.4. The van der Waals surface area contributed by atoms with E-state index in [9.17, 15) is 15.0 Å². The largest absolute Gasteiger partial charge is 0.393 e. The first-order valence-electron chi connectivity index (χ1n) is 8.94. The van der Waals surface area contributed by atoms with Gasteiger partial charge in [0, 0.05) is 11.8 Å². The summed E-state index contributed by atoms with van der Waals surface area (Å²) in [5, 5.41) is 20.4. The van der Waals surface area contributed by atoms with Gasteiger partial charge in [-0.1, -0.05) is 25.5 Å². The fraction of sp³-hybridized carbons (Fsp3) is 0.842. The molecule has 0 amide bonds. The number of aliphatic hydroxyl groups excluding tert-OH is 2. The van der Waals surface area contributed by atoms with Crippen LogP contribution in [0.1, 0.15) is 58.8 Å². The van der Waals surface area contributed by atoms with Crippen molar-refractivity contribution in [2.45, 2.75) is 71.0 Å². The molecule has 3 fully saturated rings. The van der Waals surface area contributed by atoms with Crippen LogP contribution in [-0.4, -0.2) is 28.2 Å². The van der Waals surface area contributed by atoms with Crippen molar-refractivity contribution in [2.24, 2.45) is 28.6 Å². The molecule has 3 nitrogen and oxygen atoms in total. The minimum absolute atomic E-state index is 0.0622. The smallest absolute Gasteiger partial charge is 0.162 e. The van der Waals surface area contributed by atoms with Gasteiger partial charge in [-0.05, 0) is 61.7 Å². The van der Waals surface area contributed by atoms with Gasteiger partial charge < -0.3 is 10.2 Å². The number of fused-ring (bicyclic) bond motifs is 5. The summed E-state index contributed by atoms with van der Waals surface area (Å²) >= 11 is 0. The third-order valence-electron chi connectivity index (χ3n) is 7.87. The average Bonchev–Trinajstić information content (AvgIpc) is 2.72. The molecule has 3 heteroatoms. The maximum Gasteiger partial charge on any atom is 0.162 e. The zero-order valence-corrected chi connectivity index (χ0v) is 13.7. The Balaban J connectivity index is 1.70. The van der Waals surface area contributed by atoms with E-state index in [0.717, 1.165) is 38.5 Å². The highest BCUT2D eigenvalue weighted by molar-refractivity contribution is 5.86. The Morgan fingerprint density at radius 2 is 1.86 bits per heavy atom. The van der Waals surface area contributed by atoms with E-state index < -0.39 is 6.10 Å². The SMILES string of the molecule is C[C@]12CC[C@H](O)CC1=CC[C@@H]1[C@@H]2CC[C@]2(C)C(O)C(=O)C[C@@H]12. The summed E-state index contributed by atoms with van der Waals surface area (Å²) in [7, 11) is 0. The van der Waals surface area contributed by atoms with Gasteiger partial charge in [0.1, 0.15) is 6.10 Å². The third kappa shape index (κ3) is 1.78. The summed E-state index contributed by atoms with van der Waals surface area (Å²) in [4.78, 5) is 12.1. The molecule has 22 heavy (non-hydrogen) atoms. The Labute approximate surface area is 132 Å². The van der Waals surface area contributed by atoms with Crippen molar-refractivity contribution in [2.75, 3.05) is 0 Å². The van der Waals surface area contributed by atoms with E-state index in [2.05, 4.69) is 19.9 Å². The second-order valence-electron chi connectivity index (χ2n) is 8.77. The first kappa shape index (κ1) is 14.9. The van der Waals surface area contributed by atoms with Gasteiger partial charge in [-0.15, -0.1) is 0 Å². The zero-order chi connectivity index (χ0) is 15.7. The highest BCUT2D eigenvalue weighted by atomic mass is 16.3. The summed E-state index contributed by atoms with van der Waals surface area (Å²) < 4.78 is 0. The maximum absolute atomic E-state index is 12.1. The van der Waals surface area contributed by atoms with Gasteiger partial charge in [0.2, 0.25) is 0 Å². The summed E-state index contributed by atoms with van der Waals surface area (Å²) in [5.74, 6) is 1.56. The molecule has 0 heterocycles. The highest BCUT2D eigenvalue weighted by Gasteiger charge is 2.60. The molecular formula is C19H28O3. The number of allylic oxidation sites excluding steroid dienone is 1. The Bertz CT molecular complexity index is 539. The van der Waals surface area contributed by atoms with Crippen LogP contribution < -0.4 is 0 Å². The standard InChI is InChI=1S/C19H28O3/c1-18-7-5-12(20)9-11(18)3-4-13-14(18)6-8-19(2)15(13)10-16(21)17(19)22/h3,12-15,17,20,22H,4-10H2,1-2H3/t12-,13+,14-,15-,17?,18-,19-/m0/s1. The lowest BCUT2D eigenvalue weighted by Gasteiger charge is -2.57. The minimum atomic E-state index is -0.746. The number of Topliss-reactive ketones (excluding diaryl/α,β-unsaturated/α-hetero) is 1. The van der Waals surface area contributed by atoms with Crippen LogP contribution in [0.25, 0.3) is 0 Å². The van der Waals surface area contributed by atoms with Gasteiger partial charge in [0.05, 0.1) is 6.10 Å². The van der Waals surface area contributed by atoms with Gasteiger partial charge in [-0.3, -0.25) is 4.79 Å². The van der Waals surface area contributed by atoms with E-state index in [1.807, 2.05) is 0 Å². The molecule has 4 aliphatic rings. The molecule has 2 N–H and O–H groups in total. The molecular weight excluding hydrogens is 276 g/mol. The van der Waals surface area contributed by atoms with E-state index in [1.54, 1.807) is 0 Å². The number of rotatable bonds is 0. The molecule has 0 aromatic heterocycles. The summed E-state index contributed by atoms with van der Waals surface area (Å²) in [6, 6.07) is 0. The molecule has 4 aliphatic carbocycles. The van der Waals surface area contributed by atoms with Crippen LogP contribution in [0.4, 0.5) is 0 Å². The van der Waals surface area contributed by atoms with Gasteiger partial charge in [-0.2, -0.15) is 0 Å². The molecule has 0 aliphatic heterocycles. The highest BCUT2D eigenvalue weighted by Crippen LogP contribution is 2.64. The minimum Gasteiger partial charge on any atom is -0.393 e. The molecule has 0 spiro atoms. The summed E-state index contributed by atoms with van der Waals surface area (Å²) in [6.07, 6.45) is 7.95. The lowest BCUT2D eigenvalue weighted by atomic mass is 9.48. The molecule has 0 aromatic rings. The van der Waals surface area contributed by atoms with Crippen LogP contribution in [0, 0.1) is 28.6 Å². The fourth-order valence-electron chi connectivity index (χ4n) is 6.41. The Morgan fingerprint density at radius 1 is 1.09 bits per heavy atom. The molecule has 1 unspecified atom stereocenters. The van der Waals surface area contributed by atoms with Crippen LogP contribution in [0.2, 0.25) is 0 Å². The first-order valence-corrected chi connectivity index (χ1v) is 8.94. The number of hydrogen-bond acceptors (Lipinski definition) is 3. The van der Waals surface area contributed by atoms with Gasteiger partial charge in [-0.25, -0.2) is 0 Å². The molecule has 0 radical (unpaired) electrons. The predicted octanol–water partition coefficient (Wildman–Crippen LogP) is 2.85. The topological polar surface area (TPSA) is 57.5 Å². The van der Waals surface area contributed by atoms with Crippen molar-refractivity contribution in [3.63, 3.8) is 0 Å². The number of hydrogen-bond donors (Lipinski definition) is 2. The van der Waals surface area contributed by atoms with Gasteiger partial charge in [0.15, 0.2) is 5.78 Å². The normalized spacial score (nSPS) is 54.3. The van der Waals surface area contributed by atoms with Crippen molar-refractivity contribution in [3.8, 4) is 0 Å². The fourth-order valence-corrected chi connectivity index (χ4v) is 6.41. The molecule has 0 aromatic carbocycles. The third-order valence-corrected chi connectivity index (χ3v) is 7.87. The molecule has 4 rings (SSSR count). The lowest BCUT2D eigenvalue weighted by Crippen LogP contribution is -2.51.